The van der Waals surface area contributed by atoms with E-state index in [1.165, 1.54) is 11.3 Å². The normalized spacial score (nSPS) is 10.5. The highest BCUT2D eigenvalue weighted by atomic mass is 35.5. The number of rotatable bonds is 3. The second-order valence-corrected chi connectivity index (χ2v) is 5.33. The summed E-state index contributed by atoms with van der Waals surface area (Å²) >= 11 is 8.96. The molecule has 0 aliphatic carbocycles. The molecule has 2 aromatic rings. The molecule has 1 aromatic carbocycles. The minimum Gasteiger partial charge on any atom is -0.398 e. The zero-order valence-electron chi connectivity index (χ0n) is 7.68. The Kier molecular flexibility index (Phi) is 3.45. The van der Waals surface area contributed by atoms with Gasteiger partial charge in [-0.3, -0.25) is 0 Å². The molecule has 78 valence electrons. The SMILES string of the molecule is Nc1cc(Cl)ccc1CSc1nncs1. The minimum atomic E-state index is 0.664. The topological polar surface area (TPSA) is 51.8 Å². The molecule has 3 nitrogen and oxygen atoms in total. The van der Waals surface area contributed by atoms with Crippen LogP contribution >= 0.6 is 34.7 Å². The van der Waals surface area contributed by atoms with Crippen molar-refractivity contribution in [2.45, 2.75) is 10.1 Å². The quantitative estimate of drug-likeness (QED) is 0.678. The van der Waals surface area contributed by atoms with Gasteiger partial charge in [0.2, 0.25) is 0 Å². The Hall–Kier alpha value is -0.780. The number of nitrogen functional groups attached to an aromatic ring is 1. The fraction of sp³-hybridized carbons (Fsp3) is 0.111. The van der Waals surface area contributed by atoms with Crippen LogP contribution in [0, 0.1) is 0 Å². The van der Waals surface area contributed by atoms with Gasteiger partial charge in [-0.15, -0.1) is 10.2 Å². The number of aromatic nitrogens is 2. The predicted octanol–water partition coefficient (Wildman–Crippen LogP) is 3.07. The van der Waals surface area contributed by atoms with Crippen molar-refractivity contribution < 1.29 is 0 Å². The van der Waals surface area contributed by atoms with Crippen LogP contribution in [0.4, 0.5) is 5.69 Å². The summed E-state index contributed by atoms with van der Waals surface area (Å²) in [5, 5.41) is 8.37. The molecular weight excluding hydrogens is 250 g/mol. The first-order valence-electron chi connectivity index (χ1n) is 4.18. The van der Waals surface area contributed by atoms with Crippen molar-refractivity contribution >= 4 is 40.4 Å². The van der Waals surface area contributed by atoms with Crippen molar-refractivity contribution in [3.63, 3.8) is 0 Å². The number of halogens is 1. The highest BCUT2D eigenvalue weighted by molar-refractivity contribution is 8.00. The lowest BCUT2D eigenvalue weighted by Crippen LogP contribution is -1.92. The lowest BCUT2D eigenvalue weighted by molar-refractivity contribution is 1.01. The van der Waals surface area contributed by atoms with Crippen LogP contribution in [0.5, 0.6) is 0 Å². The highest BCUT2D eigenvalue weighted by Crippen LogP contribution is 2.27. The third-order valence-corrected chi connectivity index (χ3v) is 3.94. The van der Waals surface area contributed by atoms with Gasteiger partial charge >= 0.3 is 0 Å². The van der Waals surface area contributed by atoms with E-state index < -0.39 is 0 Å². The molecule has 15 heavy (non-hydrogen) atoms. The average Bonchev–Trinajstić information content (AvgIpc) is 2.69. The molecule has 0 saturated heterocycles. The summed E-state index contributed by atoms with van der Waals surface area (Å²) in [4.78, 5) is 0. The zero-order valence-corrected chi connectivity index (χ0v) is 10.1. The Balaban J connectivity index is 2.05. The van der Waals surface area contributed by atoms with Crippen molar-refractivity contribution in [1.29, 1.82) is 0 Å². The molecule has 0 bridgehead atoms. The lowest BCUT2D eigenvalue weighted by atomic mass is 10.2. The molecule has 0 aliphatic heterocycles. The molecule has 2 N–H and O–H groups in total. The van der Waals surface area contributed by atoms with E-state index >= 15 is 0 Å². The highest BCUT2D eigenvalue weighted by Gasteiger charge is 2.03. The molecule has 1 aromatic heterocycles. The van der Waals surface area contributed by atoms with Crippen LogP contribution in [0.25, 0.3) is 0 Å². The Morgan fingerprint density at radius 2 is 2.33 bits per heavy atom. The van der Waals surface area contributed by atoms with Gasteiger partial charge < -0.3 is 5.73 Å². The number of anilines is 1. The van der Waals surface area contributed by atoms with Gasteiger partial charge in [0.05, 0.1) is 0 Å². The molecular formula is C9H8ClN3S2. The van der Waals surface area contributed by atoms with E-state index in [9.17, 15) is 0 Å². The van der Waals surface area contributed by atoms with Crippen molar-refractivity contribution in [3.05, 3.63) is 34.3 Å². The average molecular weight is 258 g/mol. The van der Waals surface area contributed by atoms with Crippen molar-refractivity contribution in [3.8, 4) is 0 Å². The van der Waals surface area contributed by atoms with Crippen LogP contribution in [-0.4, -0.2) is 10.2 Å². The number of nitrogens with zero attached hydrogens (tertiary/aromatic N) is 2. The van der Waals surface area contributed by atoms with Crippen molar-refractivity contribution in [2.24, 2.45) is 0 Å². The van der Waals surface area contributed by atoms with Gasteiger partial charge in [-0.05, 0) is 17.7 Å². The Morgan fingerprint density at radius 3 is 3.00 bits per heavy atom. The van der Waals surface area contributed by atoms with Gasteiger partial charge in [0, 0.05) is 16.5 Å². The first-order valence-corrected chi connectivity index (χ1v) is 6.43. The van der Waals surface area contributed by atoms with Gasteiger partial charge in [-0.2, -0.15) is 0 Å². The van der Waals surface area contributed by atoms with Crippen LogP contribution in [-0.2, 0) is 5.75 Å². The fourth-order valence-electron chi connectivity index (χ4n) is 1.06. The van der Waals surface area contributed by atoms with E-state index in [4.69, 9.17) is 17.3 Å². The second-order valence-electron chi connectivity index (χ2n) is 2.84. The molecule has 2 rings (SSSR count). The number of nitrogens with two attached hydrogens (primary N) is 1. The molecule has 0 fully saturated rings. The summed E-state index contributed by atoms with van der Waals surface area (Å²) in [5.74, 6) is 0.790. The van der Waals surface area contributed by atoms with E-state index in [-0.39, 0.29) is 0 Å². The fourth-order valence-corrected chi connectivity index (χ4v) is 2.75. The number of benzene rings is 1. The number of hydrogen-bond acceptors (Lipinski definition) is 5. The third-order valence-electron chi connectivity index (χ3n) is 1.80. The first-order chi connectivity index (χ1) is 7.25. The van der Waals surface area contributed by atoms with Crippen molar-refractivity contribution in [1.82, 2.24) is 10.2 Å². The summed E-state index contributed by atoms with van der Waals surface area (Å²) in [6, 6.07) is 5.54. The van der Waals surface area contributed by atoms with Gasteiger partial charge in [0.15, 0.2) is 4.34 Å². The van der Waals surface area contributed by atoms with E-state index in [1.54, 1.807) is 23.3 Å². The van der Waals surface area contributed by atoms with E-state index in [0.29, 0.717) is 5.02 Å². The summed E-state index contributed by atoms with van der Waals surface area (Å²) < 4.78 is 0.948. The van der Waals surface area contributed by atoms with Gasteiger partial charge in [-0.1, -0.05) is 40.8 Å². The zero-order chi connectivity index (χ0) is 10.7. The summed E-state index contributed by atoms with van der Waals surface area (Å²) in [6.07, 6.45) is 0. The summed E-state index contributed by atoms with van der Waals surface area (Å²) in [7, 11) is 0. The molecule has 0 aliphatic rings. The first kappa shape index (κ1) is 10.7. The summed E-state index contributed by atoms with van der Waals surface area (Å²) in [5.41, 5.74) is 9.34. The lowest BCUT2D eigenvalue weighted by Gasteiger charge is -2.03. The van der Waals surface area contributed by atoms with Crippen LogP contribution in [0.15, 0.2) is 28.0 Å². The molecule has 0 amide bonds. The largest absolute Gasteiger partial charge is 0.398 e. The van der Waals surface area contributed by atoms with E-state index in [2.05, 4.69) is 10.2 Å². The Labute approximate surface area is 101 Å². The van der Waals surface area contributed by atoms with Crippen LogP contribution in [0.1, 0.15) is 5.56 Å². The standard InChI is InChI=1S/C9H8ClN3S2/c10-7-2-1-6(8(11)3-7)4-14-9-13-12-5-15-9/h1-3,5H,4,11H2. The maximum absolute atomic E-state index is 5.83. The predicted molar refractivity (Wildman–Crippen MR) is 65.3 cm³/mol. The minimum absolute atomic E-state index is 0.664. The van der Waals surface area contributed by atoms with Gasteiger partial charge in [0.1, 0.15) is 5.51 Å². The maximum Gasteiger partial charge on any atom is 0.174 e. The molecule has 0 atom stereocenters. The second kappa shape index (κ2) is 4.83. The molecule has 0 spiro atoms. The Morgan fingerprint density at radius 1 is 1.47 bits per heavy atom. The maximum atomic E-state index is 5.83. The van der Waals surface area contributed by atoms with E-state index in [1.807, 2.05) is 12.1 Å². The Bertz CT molecular complexity index is 445. The van der Waals surface area contributed by atoms with Crippen molar-refractivity contribution in [2.75, 3.05) is 5.73 Å². The number of hydrogen-bond donors (Lipinski definition) is 1. The van der Waals surface area contributed by atoms with E-state index in [0.717, 1.165) is 21.3 Å². The monoisotopic (exact) mass is 257 g/mol. The van der Waals surface area contributed by atoms with Gasteiger partial charge in [0.25, 0.3) is 0 Å². The van der Waals surface area contributed by atoms with Crippen LogP contribution in [0.3, 0.4) is 0 Å². The van der Waals surface area contributed by atoms with Gasteiger partial charge in [-0.25, -0.2) is 0 Å². The molecule has 0 saturated carbocycles. The van der Waals surface area contributed by atoms with Crippen LogP contribution in [0.2, 0.25) is 5.02 Å². The molecule has 1 heterocycles. The van der Waals surface area contributed by atoms with Crippen LogP contribution < -0.4 is 5.73 Å². The smallest absolute Gasteiger partial charge is 0.174 e. The summed E-state index contributed by atoms with van der Waals surface area (Å²) in [6.45, 7) is 0. The third kappa shape index (κ3) is 2.84. The molecule has 0 unspecified atom stereocenters. The molecule has 6 heteroatoms. The molecule has 0 radical (unpaired) electrons. The number of thioether (sulfide) groups is 1.